The first kappa shape index (κ1) is 30.8. The Labute approximate surface area is 282 Å². The fourth-order valence-electron chi connectivity index (χ4n) is 5.67. The largest absolute Gasteiger partial charge is 0.321 e. The highest BCUT2D eigenvalue weighted by molar-refractivity contribution is 7.99. The quantitative estimate of drug-likeness (QED) is 0.123. The van der Waals surface area contributed by atoms with Crippen molar-refractivity contribution in [1.82, 2.24) is 40.4 Å². The van der Waals surface area contributed by atoms with Crippen molar-refractivity contribution in [1.29, 1.82) is 0 Å². The molecule has 0 saturated heterocycles. The van der Waals surface area contributed by atoms with Gasteiger partial charge in [-0.2, -0.15) is 5.21 Å². The van der Waals surface area contributed by atoms with Gasteiger partial charge in [0.2, 0.25) is 5.82 Å². The molecule has 3 heterocycles. The van der Waals surface area contributed by atoms with E-state index in [4.69, 9.17) is 15.2 Å². The number of nitrogens with zero attached hydrogens (tertiary/aromatic N) is 7. The first-order chi connectivity index (χ1) is 23.3. The van der Waals surface area contributed by atoms with Gasteiger partial charge in [0.1, 0.15) is 26.9 Å². The summed E-state index contributed by atoms with van der Waals surface area (Å²) in [5, 5.41) is 26.4. The highest BCUT2D eigenvalue weighted by Crippen LogP contribution is 2.37. The predicted octanol–water partition coefficient (Wildman–Crippen LogP) is 8.65. The summed E-state index contributed by atoms with van der Waals surface area (Å²) in [5.74, 6) is 3.22. The van der Waals surface area contributed by atoms with Gasteiger partial charge in [-0.25, -0.2) is 4.98 Å². The second kappa shape index (κ2) is 14.7. The fraction of sp³-hybridized carbons (Fsp3) is 0.189. The lowest BCUT2D eigenvalue weighted by atomic mass is 9.95. The van der Waals surface area contributed by atoms with Gasteiger partial charge in [-0.1, -0.05) is 146 Å². The van der Waals surface area contributed by atoms with E-state index in [9.17, 15) is 0 Å². The van der Waals surface area contributed by atoms with E-state index in [1.807, 2.05) is 24.3 Å². The first-order valence-corrected chi connectivity index (χ1v) is 17.8. The van der Waals surface area contributed by atoms with E-state index in [1.54, 1.807) is 23.5 Å². The molecule has 0 aliphatic carbocycles. The molecule has 3 aromatic heterocycles. The predicted molar refractivity (Wildman–Crippen MR) is 190 cm³/mol. The average Bonchev–Trinajstić information content (AvgIpc) is 3.80. The number of thioether (sulfide) groups is 2. The molecule has 0 fully saturated rings. The fourth-order valence-corrected chi connectivity index (χ4v) is 7.48. The third kappa shape index (κ3) is 6.99. The number of aromatic amines is 1. The second-order valence-corrected chi connectivity index (χ2v) is 13.1. The normalized spacial score (nSPS) is 11.3. The van der Waals surface area contributed by atoms with Crippen molar-refractivity contribution in [2.45, 2.75) is 54.3 Å². The number of hydrogen-bond donors (Lipinski definition) is 1. The number of benzene rings is 4. The molecule has 10 heteroatoms. The molecule has 7 rings (SSSR count). The number of hydrogen-bond acceptors (Lipinski definition) is 8. The van der Waals surface area contributed by atoms with Crippen LogP contribution < -0.4 is 0 Å². The Balaban J connectivity index is 1.34. The Kier molecular flexibility index (Phi) is 9.67. The van der Waals surface area contributed by atoms with Gasteiger partial charge in [0.05, 0.1) is 6.54 Å². The average molecular weight is 655 g/mol. The summed E-state index contributed by atoms with van der Waals surface area (Å²) in [6, 6.07) is 37.8. The minimum atomic E-state index is 0.571. The zero-order valence-corrected chi connectivity index (χ0v) is 27.7. The number of rotatable bonds is 13. The molecule has 47 heavy (non-hydrogen) atoms. The van der Waals surface area contributed by atoms with Crippen LogP contribution in [-0.2, 0) is 24.5 Å². The maximum atomic E-state index is 5.33. The van der Waals surface area contributed by atoms with Crippen molar-refractivity contribution in [3.05, 3.63) is 132 Å². The summed E-state index contributed by atoms with van der Waals surface area (Å²) >= 11 is 3.42. The Hall–Kier alpha value is -4.80. The Morgan fingerprint density at radius 1 is 0.660 bits per heavy atom. The van der Waals surface area contributed by atoms with Crippen LogP contribution in [0.5, 0.6) is 0 Å². The molecule has 234 valence electrons. The number of tetrazole rings is 1. The number of aromatic nitrogens is 8. The van der Waals surface area contributed by atoms with Crippen LogP contribution in [0.3, 0.4) is 0 Å². The van der Waals surface area contributed by atoms with E-state index in [-0.39, 0.29) is 0 Å². The zero-order chi connectivity index (χ0) is 31.8. The number of H-pyrrole nitrogens is 1. The van der Waals surface area contributed by atoms with Crippen LogP contribution in [0, 0.1) is 0 Å². The van der Waals surface area contributed by atoms with Crippen LogP contribution >= 0.6 is 23.5 Å². The highest BCUT2D eigenvalue weighted by atomic mass is 32.2. The number of nitrogens with one attached hydrogen (secondary N) is 1. The van der Waals surface area contributed by atoms with E-state index < -0.39 is 0 Å². The van der Waals surface area contributed by atoms with Crippen molar-refractivity contribution in [2.24, 2.45) is 0 Å². The van der Waals surface area contributed by atoms with Gasteiger partial charge in [-0.05, 0) is 39.5 Å². The lowest BCUT2D eigenvalue weighted by Gasteiger charge is -2.16. The number of unbranched alkanes of at least 4 members (excludes halogenated alkanes) is 1. The number of fused-ring (bicyclic) bond motifs is 1. The van der Waals surface area contributed by atoms with Crippen LogP contribution in [-0.4, -0.2) is 40.4 Å². The summed E-state index contributed by atoms with van der Waals surface area (Å²) < 4.78 is 2.38. The molecule has 0 aliphatic rings. The van der Waals surface area contributed by atoms with Gasteiger partial charge in [-0.15, -0.1) is 20.4 Å². The number of imidazole rings is 1. The molecule has 0 spiro atoms. The van der Waals surface area contributed by atoms with E-state index in [0.717, 1.165) is 74.4 Å². The highest BCUT2D eigenvalue weighted by Gasteiger charge is 2.22. The van der Waals surface area contributed by atoms with Gasteiger partial charge in [0.25, 0.3) is 0 Å². The molecule has 0 amide bonds. The molecule has 4 aromatic carbocycles. The molecule has 7 aromatic rings. The molecule has 0 saturated carbocycles. The SMILES string of the molecule is CCCCc1nc2c(SCc3ccccc3)nnc(SCc3ccccc3)c2n1Cc1ccccc1-c1ccccc1-c1nn[nH]n1. The third-order valence-corrected chi connectivity index (χ3v) is 10.1. The molecule has 0 unspecified atom stereocenters. The standard InChI is InChI=1S/C37H34N8S2/c1-2-3-22-32-38-33-34(37(47-25-27-16-8-5-9-17-27)42-41-36(33)46-24-26-14-6-4-7-15-26)45(32)23-28-18-10-11-19-29(28)30-20-12-13-21-31(30)35-39-43-44-40-35/h4-21H,2-3,22-25H2,1H3,(H,39,40,43,44). The van der Waals surface area contributed by atoms with Crippen LogP contribution in [0.25, 0.3) is 33.5 Å². The van der Waals surface area contributed by atoms with Crippen molar-refractivity contribution in [3.63, 3.8) is 0 Å². The summed E-state index contributed by atoms with van der Waals surface area (Å²) in [6.07, 6.45) is 3.00. The molecular weight excluding hydrogens is 621 g/mol. The lowest BCUT2D eigenvalue weighted by Crippen LogP contribution is -2.08. The topological polar surface area (TPSA) is 98.1 Å². The van der Waals surface area contributed by atoms with Crippen molar-refractivity contribution < 1.29 is 0 Å². The van der Waals surface area contributed by atoms with Crippen LogP contribution in [0.1, 0.15) is 42.3 Å². The van der Waals surface area contributed by atoms with E-state index in [0.29, 0.717) is 12.4 Å². The molecular formula is C37H34N8S2. The van der Waals surface area contributed by atoms with Gasteiger partial charge in [0, 0.05) is 23.5 Å². The van der Waals surface area contributed by atoms with Crippen LogP contribution in [0.2, 0.25) is 0 Å². The van der Waals surface area contributed by atoms with Crippen LogP contribution in [0.4, 0.5) is 0 Å². The molecule has 8 nitrogen and oxygen atoms in total. The first-order valence-electron chi connectivity index (χ1n) is 15.8. The van der Waals surface area contributed by atoms with Crippen molar-refractivity contribution in [2.75, 3.05) is 0 Å². The van der Waals surface area contributed by atoms with Crippen molar-refractivity contribution >= 4 is 34.6 Å². The van der Waals surface area contributed by atoms with Crippen molar-refractivity contribution in [3.8, 4) is 22.5 Å². The van der Waals surface area contributed by atoms with Gasteiger partial charge in [-0.3, -0.25) is 0 Å². The van der Waals surface area contributed by atoms with Gasteiger partial charge < -0.3 is 4.57 Å². The van der Waals surface area contributed by atoms with Gasteiger partial charge >= 0.3 is 0 Å². The summed E-state index contributed by atoms with van der Waals surface area (Å²) in [5.41, 5.74) is 8.74. The second-order valence-electron chi connectivity index (χ2n) is 11.2. The molecule has 0 aliphatic heterocycles. The zero-order valence-electron chi connectivity index (χ0n) is 26.1. The van der Waals surface area contributed by atoms with Gasteiger partial charge in [0.15, 0.2) is 0 Å². The Morgan fingerprint density at radius 3 is 1.96 bits per heavy atom. The van der Waals surface area contributed by atoms with E-state index in [2.05, 4.69) is 117 Å². The lowest BCUT2D eigenvalue weighted by molar-refractivity contribution is 0.686. The third-order valence-electron chi connectivity index (χ3n) is 8.02. The monoisotopic (exact) mass is 654 g/mol. The molecule has 0 bridgehead atoms. The molecule has 0 radical (unpaired) electrons. The van der Waals surface area contributed by atoms with E-state index in [1.165, 1.54) is 16.7 Å². The number of aryl methyl sites for hydroxylation is 1. The molecule has 0 atom stereocenters. The minimum Gasteiger partial charge on any atom is -0.321 e. The smallest absolute Gasteiger partial charge is 0.205 e. The summed E-state index contributed by atoms with van der Waals surface area (Å²) in [7, 11) is 0. The molecule has 1 N–H and O–H groups in total. The van der Waals surface area contributed by atoms with E-state index >= 15 is 0 Å². The maximum absolute atomic E-state index is 5.33. The Morgan fingerprint density at radius 2 is 1.28 bits per heavy atom. The van der Waals surface area contributed by atoms with Crippen LogP contribution in [0.15, 0.2) is 119 Å². The minimum absolute atomic E-state index is 0.571. The Bertz CT molecular complexity index is 2060. The summed E-state index contributed by atoms with van der Waals surface area (Å²) in [6.45, 7) is 2.86. The maximum Gasteiger partial charge on any atom is 0.205 e. The summed E-state index contributed by atoms with van der Waals surface area (Å²) in [4.78, 5) is 5.33.